The van der Waals surface area contributed by atoms with E-state index in [1.807, 2.05) is 6.92 Å². The Balaban J connectivity index is 2.42. The average molecular weight is 289 g/mol. The minimum absolute atomic E-state index is 0.232. The lowest BCUT2D eigenvalue weighted by Gasteiger charge is -2.19. The van der Waals surface area contributed by atoms with Crippen molar-refractivity contribution in [1.82, 2.24) is 15.3 Å². The second kappa shape index (κ2) is 7.13. The summed E-state index contributed by atoms with van der Waals surface area (Å²) in [5, 5.41) is 3.32. The number of nitrogens with zero attached hydrogens (tertiary/aromatic N) is 2. The van der Waals surface area contributed by atoms with Crippen molar-refractivity contribution >= 4 is 0 Å². The van der Waals surface area contributed by atoms with Crippen LogP contribution in [0.15, 0.2) is 30.6 Å². The number of methoxy groups -OCH3 is 1. The SMILES string of the molecule is CCCNC(c1cnc(C)cn1)c1cccc(OC)c1F. The first-order valence-electron chi connectivity index (χ1n) is 7.01. The molecule has 0 saturated heterocycles. The number of nitrogens with one attached hydrogen (secondary N) is 1. The van der Waals surface area contributed by atoms with Gasteiger partial charge in [-0.1, -0.05) is 19.1 Å². The molecule has 4 nitrogen and oxygen atoms in total. The van der Waals surface area contributed by atoms with Gasteiger partial charge in [0.05, 0.1) is 30.7 Å². The van der Waals surface area contributed by atoms with Gasteiger partial charge in [0.2, 0.25) is 0 Å². The number of benzene rings is 1. The normalized spacial score (nSPS) is 12.2. The zero-order chi connectivity index (χ0) is 15.2. The molecule has 0 aliphatic carbocycles. The summed E-state index contributed by atoms with van der Waals surface area (Å²) in [5.74, 6) is -0.133. The van der Waals surface area contributed by atoms with E-state index >= 15 is 0 Å². The van der Waals surface area contributed by atoms with Gasteiger partial charge in [0.1, 0.15) is 0 Å². The lowest BCUT2D eigenvalue weighted by atomic mass is 10.0. The number of aryl methyl sites for hydroxylation is 1. The second-order valence-corrected chi connectivity index (χ2v) is 4.83. The van der Waals surface area contributed by atoms with E-state index in [1.165, 1.54) is 7.11 Å². The van der Waals surface area contributed by atoms with Crippen molar-refractivity contribution in [2.24, 2.45) is 0 Å². The van der Waals surface area contributed by atoms with Gasteiger partial charge in [-0.25, -0.2) is 4.39 Å². The van der Waals surface area contributed by atoms with Gasteiger partial charge in [-0.05, 0) is 26.0 Å². The maximum Gasteiger partial charge on any atom is 0.170 e. The molecule has 1 heterocycles. The van der Waals surface area contributed by atoms with Crippen LogP contribution in [0.25, 0.3) is 0 Å². The second-order valence-electron chi connectivity index (χ2n) is 4.83. The summed E-state index contributed by atoms with van der Waals surface area (Å²) in [6.45, 7) is 4.70. The van der Waals surface area contributed by atoms with E-state index in [0.29, 0.717) is 11.3 Å². The zero-order valence-electron chi connectivity index (χ0n) is 12.6. The number of halogens is 1. The third-order valence-electron chi connectivity index (χ3n) is 3.22. The van der Waals surface area contributed by atoms with E-state index in [0.717, 1.165) is 18.7 Å². The van der Waals surface area contributed by atoms with Crippen LogP contribution in [0.1, 0.15) is 36.3 Å². The Labute approximate surface area is 124 Å². The third kappa shape index (κ3) is 3.55. The molecule has 21 heavy (non-hydrogen) atoms. The number of aromatic nitrogens is 2. The molecule has 5 heteroatoms. The zero-order valence-corrected chi connectivity index (χ0v) is 12.6. The number of rotatable bonds is 6. The molecule has 0 fully saturated rings. The smallest absolute Gasteiger partial charge is 0.170 e. The largest absolute Gasteiger partial charge is 0.494 e. The summed E-state index contributed by atoms with van der Waals surface area (Å²) in [6.07, 6.45) is 4.32. The molecule has 0 spiro atoms. The highest BCUT2D eigenvalue weighted by Crippen LogP contribution is 2.28. The van der Waals surface area contributed by atoms with Gasteiger partial charge < -0.3 is 10.1 Å². The van der Waals surface area contributed by atoms with Gasteiger partial charge in [-0.2, -0.15) is 0 Å². The molecule has 112 valence electrons. The fraction of sp³-hybridized carbons (Fsp3) is 0.375. The summed E-state index contributed by atoms with van der Waals surface area (Å²) in [6, 6.07) is 4.79. The summed E-state index contributed by atoms with van der Waals surface area (Å²) < 4.78 is 19.6. The fourth-order valence-corrected chi connectivity index (χ4v) is 2.12. The molecule has 0 saturated carbocycles. The first-order valence-corrected chi connectivity index (χ1v) is 7.01. The summed E-state index contributed by atoms with van der Waals surface area (Å²) in [5.41, 5.74) is 2.04. The van der Waals surface area contributed by atoms with Crippen LogP contribution in [0, 0.1) is 12.7 Å². The first-order chi connectivity index (χ1) is 10.2. The fourth-order valence-electron chi connectivity index (χ4n) is 2.12. The number of ether oxygens (including phenoxy) is 1. The van der Waals surface area contributed by atoms with E-state index in [9.17, 15) is 4.39 Å². The van der Waals surface area contributed by atoms with Gasteiger partial charge in [0.15, 0.2) is 11.6 Å². The maximum absolute atomic E-state index is 14.5. The Morgan fingerprint density at radius 3 is 2.71 bits per heavy atom. The highest BCUT2D eigenvalue weighted by molar-refractivity contribution is 5.36. The Morgan fingerprint density at radius 1 is 1.29 bits per heavy atom. The Kier molecular flexibility index (Phi) is 5.22. The van der Waals surface area contributed by atoms with Crippen LogP contribution in [0.3, 0.4) is 0 Å². The van der Waals surface area contributed by atoms with Crippen molar-refractivity contribution in [3.8, 4) is 5.75 Å². The van der Waals surface area contributed by atoms with E-state index in [1.54, 1.807) is 30.6 Å². The lowest BCUT2D eigenvalue weighted by Crippen LogP contribution is -2.25. The van der Waals surface area contributed by atoms with Crippen molar-refractivity contribution in [2.45, 2.75) is 26.3 Å². The summed E-state index contributed by atoms with van der Waals surface area (Å²) in [4.78, 5) is 8.62. The van der Waals surface area contributed by atoms with E-state index in [-0.39, 0.29) is 17.6 Å². The monoisotopic (exact) mass is 289 g/mol. The minimum atomic E-state index is -0.365. The van der Waals surface area contributed by atoms with Crippen molar-refractivity contribution in [3.05, 3.63) is 53.4 Å². The molecule has 1 unspecified atom stereocenters. The molecule has 0 aliphatic rings. The Hall–Kier alpha value is -2.01. The van der Waals surface area contributed by atoms with Gasteiger partial charge in [0.25, 0.3) is 0 Å². The van der Waals surface area contributed by atoms with E-state index in [2.05, 4.69) is 22.2 Å². The van der Waals surface area contributed by atoms with Crippen molar-refractivity contribution in [2.75, 3.05) is 13.7 Å². The predicted molar refractivity (Wildman–Crippen MR) is 79.9 cm³/mol. The van der Waals surface area contributed by atoms with Crippen LogP contribution in [0.5, 0.6) is 5.75 Å². The van der Waals surface area contributed by atoms with Crippen molar-refractivity contribution in [3.63, 3.8) is 0 Å². The lowest BCUT2D eigenvalue weighted by molar-refractivity contribution is 0.381. The first kappa shape index (κ1) is 15.4. The van der Waals surface area contributed by atoms with Crippen LogP contribution in [-0.4, -0.2) is 23.6 Å². The molecule has 0 bridgehead atoms. The quantitative estimate of drug-likeness (QED) is 0.888. The van der Waals surface area contributed by atoms with Crippen molar-refractivity contribution < 1.29 is 9.13 Å². The maximum atomic E-state index is 14.5. The summed E-state index contributed by atoms with van der Waals surface area (Å²) in [7, 11) is 1.46. The Morgan fingerprint density at radius 2 is 2.10 bits per heavy atom. The average Bonchev–Trinajstić information content (AvgIpc) is 2.50. The standard InChI is InChI=1S/C16H20FN3O/c1-4-8-18-16(13-10-19-11(2)9-20-13)12-6-5-7-14(21-3)15(12)17/h5-7,9-10,16,18H,4,8H2,1-3H3. The van der Waals surface area contributed by atoms with E-state index in [4.69, 9.17) is 4.74 Å². The van der Waals surface area contributed by atoms with Gasteiger partial charge in [-0.15, -0.1) is 0 Å². The van der Waals surface area contributed by atoms with Crippen molar-refractivity contribution in [1.29, 1.82) is 0 Å². The topological polar surface area (TPSA) is 47.0 Å². The van der Waals surface area contributed by atoms with Crippen LogP contribution in [-0.2, 0) is 0 Å². The van der Waals surface area contributed by atoms with E-state index < -0.39 is 0 Å². The third-order valence-corrected chi connectivity index (χ3v) is 3.22. The minimum Gasteiger partial charge on any atom is -0.494 e. The summed E-state index contributed by atoms with van der Waals surface area (Å²) >= 11 is 0. The molecular formula is C16H20FN3O. The van der Waals surface area contributed by atoms with Crippen LogP contribution < -0.4 is 10.1 Å². The van der Waals surface area contributed by atoms with Crippen LogP contribution >= 0.6 is 0 Å². The molecule has 1 aromatic carbocycles. The van der Waals surface area contributed by atoms with Gasteiger partial charge in [0, 0.05) is 11.8 Å². The molecule has 1 aromatic heterocycles. The molecule has 1 atom stereocenters. The van der Waals surface area contributed by atoms with Gasteiger partial charge in [-0.3, -0.25) is 9.97 Å². The highest BCUT2D eigenvalue weighted by Gasteiger charge is 2.21. The molecule has 2 rings (SSSR count). The van der Waals surface area contributed by atoms with Crippen LogP contribution in [0.2, 0.25) is 0 Å². The van der Waals surface area contributed by atoms with Crippen LogP contribution in [0.4, 0.5) is 4.39 Å². The molecule has 2 aromatic rings. The highest BCUT2D eigenvalue weighted by atomic mass is 19.1. The molecule has 0 radical (unpaired) electrons. The molecule has 0 aliphatic heterocycles. The molecular weight excluding hydrogens is 269 g/mol. The Bertz CT molecular complexity index is 587. The molecule has 1 N–H and O–H groups in total. The van der Waals surface area contributed by atoms with Gasteiger partial charge >= 0.3 is 0 Å². The molecule has 0 amide bonds. The predicted octanol–water partition coefficient (Wildman–Crippen LogP) is 3.02. The number of hydrogen-bond donors (Lipinski definition) is 1. The number of hydrogen-bond acceptors (Lipinski definition) is 4.